The number of thiophene rings is 1. The molecule has 1 aliphatic rings. The molecular formula is C16H17N5OS. The molecule has 0 spiro atoms. The lowest BCUT2D eigenvalue weighted by Gasteiger charge is -2.16. The van der Waals surface area contributed by atoms with Gasteiger partial charge in [0.1, 0.15) is 10.6 Å². The normalized spacial score (nSPS) is 15.1. The number of hydrogen-bond acceptors (Lipinski definition) is 5. The second-order valence-electron chi connectivity index (χ2n) is 5.52. The van der Waals surface area contributed by atoms with Crippen molar-refractivity contribution < 1.29 is 4.79 Å². The number of nitrogens with one attached hydrogen (secondary N) is 3. The summed E-state index contributed by atoms with van der Waals surface area (Å²) in [6, 6.07) is 5.74. The van der Waals surface area contributed by atoms with Crippen LogP contribution in [0.1, 0.15) is 23.2 Å². The number of fused-ring (bicyclic) bond motifs is 1. The molecule has 6 nitrogen and oxygen atoms in total. The van der Waals surface area contributed by atoms with Crippen LogP contribution in [0.4, 0.5) is 10.7 Å². The van der Waals surface area contributed by atoms with Crippen molar-refractivity contribution in [2.24, 2.45) is 0 Å². The summed E-state index contributed by atoms with van der Waals surface area (Å²) in [5.41, 5.74) is 5.42. The first-order valence-corrected chi connectivity index (χ1v) is 8.52. The van der Waals surface area contributed by atoms with Crippen LogP contribution in [0, 0.1) is 0 Å². The fourth-order valence-corrected chi connectivity index (χ4v) is 3.61. The van der Waals surface area contributed by atoms with E-state index in [2.05, 4.69) is 20.7 Å². The molecule has 1 saturated heterocycles. The van der Waals surface area contributed by atoms with Crippen LogP contribution in [0.5, 0.6) is 0 Å². The van der Waals surface area contributed by atoms with E-state index in [1.807, 2.05) is 34.8 Å². The van der Waals surface area contributed by atoms with Gasteiger partial charge in [0.25, 0.3) is 5.91 Å². The van der Waals surface area contributed by atoms with Gasteiger partial charge in [-0.1, -0.05) is 0 Å². The second kappa shape index (κ2) is 6.02. The van der Waals surface area contributed by atoms with Crippen LogP contribution >= 0.6 is 11.3 Å². The highest BCUT2D eigenvalue weighted by atomic mass is 32.1. The van der Waals surface area contributed by atoms with Crippen molar-refractivity contribution in [3.8, 4) is 0 Å². The Labute approximate surface area is 137 Å². The third kappa shape index (κ3) is 2.80. The number of pyridine rings is 1. The van der Waals surface area contributed by atoms with Crippen molar-refractivity contribution in [3.63, 3.8) is 0 Å². The highest BCUT2D eigenvalue weighted by Crippen LogP contribution is 2.30. The summed E-state index contributed by atoms with van der Waals surface area (Å²) < 4.78 is 0. The Morgan fingerprint density at radius 1 is 1.26 bits per heavy atom. The number of aromatic amines is 1. The first-order valence-electron chi connectivity index (χ1n) is 7.64. The van der Waals surface area contributed by atoms with Crippen LogP contribution in [0.2, 0.25) is 0 Å². The molecule has 0 saturated carbocycles. The summed E-state index contributed by atoms with van der Waals surface area (Å²) in [6.07, 6.45) is 5.88. The number of hydrazine groups is 1. The minimum absolute atomic E-state index is 0.0602. The van der Waals surface area contributed by atoms with E-state index < -0.39 is 0 Å². The van der Waals surface area contributed by atoms with Crippen molar-refractivity contribution in [1.29, 1.82) is 0 Å². The van der Waals surface area contributed by atoms with Gasteiger partial charge in [0.2, 0.25) is 0 Å². The number of carbonyl (C=O) groups is 1. The Morgan fingerprint density at radius 3 is 3.00 bits per heavy atom. The third-order valence-electron chi connectivity index (χ3n) is 3.98. The Kier molecular flexibility index (Phi) is 3.72. The molecule has 3 N–H and O–H groups in total. The van der Waals surface area contributed by atoms with Gasteiger partial charge in [-0.2, -0.15) is 0 Å². The molecule has 0 radical (unpaired) electrons. The number of aromatic nitrogens is 2. The lowest BCUT2D eigenvalue weighted by Crippen LogP contribution is -2.40. The smallest absolute Gasteiger partial charge is 0.268 e. The highest BCUT2D eigenvalue weighted by Gasteiger charge is 2.18. The van der Waals surface area contributed by atoms with E-state index in [1.54, 1.807) is 6.20 Å². The Balaban J connectivity index is 1.57. The Hall–Kier alpha value is -2.38. The molecule has 0 bridgehead atoms. The van der Waals surface area contributed by atoms with E-state index in [9.17, 15) is 4.79 Å². The molecule has 7 heteroatoms. The summed E-state index contributed by atoms with van der Waals surface area (Å²) in [5, 5.41) is 9.13. The molecule has 3 aromatic rings. The van der Waals surface area contributed by atoms with E-state index in [0.29, 0.717) is 5.56 Å². The fourth-order valence-electron chi connectivity index (χ4n) is 2.81. The van der Waals surface area contributed by atoms with Crippen LogP contribution in [0.25, 0.3) is 11.0 Å². The van der Waals surface area contributed by atoms with Gasteiger partial charge in [0.15, 0.2) is 0 Å². The largest absolute Gasteiger partial charge is 0.346 e. The van der Waals surface area contributed by atoms with Gasteiger partial charge in [-0.25, -0.2) is 9.99 Å². The predicted molar refractivity (Wildman–Crippen MR) is 92.0 cm³/mol. The summed E-state index contributed by atoms with van der Waals surface area (Å²) >= 11 is 1.52. The zero-order chi connectivity index (χ0) is 15.6. The summed E-state index contributed by atoms with van der Waals surface area (Å²) in [5.74, 6) is -0.0602. The molecule has 0 aliphatic carbocycles. The van der Waals surface area contributed by atoms with Crippen molar-refractivity contribution in [2.45, 2.75) is 12.8 Å². The van der Waals surface area contributed by atoms with Gasteiger partial charge in [0.05, 0.1) is 11.3 Å². The SMILES string of the molecule is O=C(NN1CCCC1)c1ccsc1Nc1ccnc2[nH]ccc12. The van der Waals surface area contributed by atoms with E-state index in [-0.39, 0.29) is 5.91 Å². The van der Waals surface area contributed by atoms with Gasteiger partial charge in [-0.15, -0.1) is 11.3 Å². The van der Waals surface area contributed by atoms with Crippen molar-refractivity contribution in [1.82, 2.24) is 20.4 Å². The van der Waals surface area contributed by atoms with Crippen LogP contribution < -0.4 is 10.7 Å². The minimum atomic E-state index is -0.0602. The molecule has 0 unspecified atom stereocenters. The first-order chi connectivity index (χ1) is 11.3. The lowest BCUT2D eigenvalue weighted by molar-refractivity contribution is 0.0827. The van der Waals surface area contributed by atoms with Crippen LogP contribution in [-0.4, -0.2) is 34.0 Å². The van der Waals surface area contributed by atoms with Gasteiger partial charge < -0.3 is 10.3 Å². The lowest BCUT2D eigenvalue weighted by atomic mass is 10.2. The molecular weight excluding hydrogens is 310 g/mol. The number of amides is 1. The second-order valence-corrected chi connectivity index (χ2v) is 6.44. The summed E-state index contributed by atoms with van der Waals surface area (Å²) in [6.45, 7) is 1.85. The van der Waals surface area contributed by atoms with Gasteiger partial charge in [-0.05, 0) is 36.4 Å². The number of hydrogen-bond donors (Lipinski definition) is 3. The maximum absolute atomic E-state index is 12.5. The standard InChI is InChI=1S/C16H17N5OS/c22-15(20-21-8-1-2-9-21)12-5-10-23-16(12)19-13-4-7-18-14-11(13)3-6-17-14/h3-7,10H,1-2,8-9H2,(H,20,22)(H2,17,18,19). The monoisotopic (exact) mass is 327 g/mol. The van der Waals surface area contributed by atoms with E-state index >= 15 is 0 Å². The number of nitrogens with zero attached hydrogens (tertiary/aromatic N) is 2. The summed E-state index contributed by atoms with van der Waals surface area (Å²) in [7, 11) is 0. The highest BCUT2D eigenvalue weighted by molar-refractivity contribution is 7.14. The average molecular weight is 327 g/mol. The molecule has 4 rings (SSSR count). The molecule has 3 aromatic heterocycles. The van der Waals surface area contributed by atoms with Gasteiger partial charge >= 0.3 is 0 Å². The number of H-pyrrole nitrogens is 1. The maximum atomic E-state index is 12.5. The van der Waals surface area contributed by atoms with Gasteiger partial charge in [0, 0.05) is 30.9 Å². The molecule has 4 heterocycles. The molecule has 118 valence electrons. The average Bonchev–Trinajstić information content (AvgIpc) is 3.28. The molecule has 0 aromatic carbocycles. The minimum Gasteiger partial charge on any atom is -0.346 e. The van der Waals surface area contributed by atoms with Crippen molar-refractivity contribution in [2.75, 3.05) is 18.4 Å². The first kappa shape index (κ1) is 14.2. The van der Waals surface area contributed by atoms with Gasteiger partial charge in [-0.3, -0.25) is 10.2 Å². The number of anilines is 2. The molecule has 1 amide bonds. The van der Waals surface area contributed by atoms with Crippen molar-refractivity contribution in [3.05, 3.63) is 41.5 Å². The summed E-state index contributed by atoms with van der Waals surface area (Å²) in [4.78, 5) is 19.9. The quantitative estimate of drug-likeness (QED) is 0.688. The third-order valence-corrected chi connectivity index (χ3v) is 4.81. The number of rotatable bonds is 4. The van der Waals surface area contributed by atoms with E-state index in [1.165, 1.54) is 11.3 Å². The Bertz CT molecular complexity index is 834. The van der Waals surface area contributed by atoms with Crippen LogP contribution in [0.15, 0.2) is 36.0 Å². The maximum Gasteiger partial charge on any atom is 0.268 e. The molecule has 1 aliphatic heterocycles. The van der Waals surface area contributed by atoms with E-state index in [0.717, 1.165) is 47.7 Å². The van der Waals surface area contributed by atoms with Crippen LogP contribution in [0.3, 0.4) is 0 Å². The Morgan fingerprint density at radius 2 is 2.13 bits per heavy atom. The van der Waals surface area contributed by atoms with E-state index in [4.69, 9.17) is 0 Å². The number of carbonyl (C=O) groups excluding carboxylic acids is 1. The topological polar surface area (TPSA) is 73.1 Å². The zero-order valence-corrected chi connectivity index (χ0v) is 13.3. The molecule has 0 atom stereocenters. The van der Waals surface area contributed by atoms with Crippen molar-refractivity contribution >= 4 is 39.0 Å². The fraction of sp³-hybridized carbons (Fsp3) is 0.250. The predicted octanol–water partition coefficient (Wildman–Crippen LogP) is 3.11. The molecule has 1 fully saturated rings. The zero-order valence-electron chi connectivity index (χ0n) is 12.5. The van der Waals surface area contributed by atoms with Crippen LogP contribution in [-0.2, 0) is 0 Å². The molecule has 23 heavy (non-hydrogen) atoms.